The third-order valence-corrected chi connectivity index (χ3v) is 3.82. The third kappa shape index (κ3) is 1.51. The molecule has 5 atom stereocenters. The Morgan fingerprint density at radius 2 is 1.87 bits per heavy atom. The maximum absolute atomic E-state index is 6.07. The van der Waals surface area contributed by atoms with E-state index in [-0.39, 0.29) is 24.5 Å². The zero-order valence-electron chi connectivity index (χ0n) is 9.39. The van der Waals surface area contributed by atoms with Crippen LogP contribution in [0.3, 0.4) is 0 Å². The van der Waals surface area contributed by atoms with Crippen molar-refractivity contribution in [1.29, 1.82) is 0 Å². The molecule has 0 radical (unpaired) electrons. The lowest BCUT2D eigenvalue weighted by Crippen LogP contribution is -2.52. The summed E-state index contributed by atoms with van der Waals surface area (Å²) in [6.45, 7) is 6.91. The van der Waals surface area contributed by atoms with Crippen LogP contribution in [-0.2, 0) is 14.2 Å². The first-order valence-electron chi connectivity index (χ1n) is 5.92. The van der Waals surface area contributed by atoms with E-state index in [0.717, 1.165) is 26.2 Å². The minimum absolute atomic E-state index is 0.151. The highest BCUT2D eigenvalue weighted by Gasteiger charge is 2.49. The van der Waals surface area contributed by atoms with E-state index in [1.54, 1.807) is 0 Å². The van der Waals surface area contributed by atoms with Crippen molar-refractivity contribution in [2.75, 3.05) is 19.8 Å². The molecule has 0 saturated carbocycles. The predicted molar refractivity (Wildman–Crippen MR) is 54.6 cm³/mol. The molecule has 0 aliphatic carbocycles. The van der Waals surface area contributed by atoms with Gasteiger partial charge in [0.1, 0.15) is 12.3 Å². The molecule has 4 heteroatoms. The number of fused-ring (bicyclic) bond motifs is 3. The zero-order valence-corrected chi connectivity index (χ0v) is 9.39. The second-order valence-electron chi connectivity index (χ2n) is 4.74. The molecule has 0 amide bonds. The highest BCUT2D eigenvalue weighted by atomic mass is 16.6. The summed E-state index contributed by atoms with van der Waals surface area (Å²) >= 11 is 0. The van der Waals surface area contributed by atoms with E-state index in [4.69, 9.17) is 14.2 Å². The van der Waals surface area contributed by atoms with Crippen LogP contribution in [0.1, 0.15) is 20.3 Å². The topological polar surface area (TPSA) is 30.9 Å². The summed E-state index contributed by atoms with van der Waals surface area (Å²) < 4.78 is 17.3. The lowest BCUT2D eigenvalue weighted by molar-refractivity contribution is -0.148. The molecule has 3 heterocycles. The summed E-state index contributed by atoms with van der Waals surface area (Å²) in [5, 5.41) is 0. The van der Waals surface area contributed by atoms with E-state index < -0.39 is 0 Å². The molecular weight excluding hydrogens is 194 g/mol. The molecule has 3 fully saturated rings. The Labute approximate surface area is 90.5 Å². The molecule has 0 aromatic heterocycles. The van der Waals surface area contributed by atoms with E-state index >= 15 is 0 Å². The number of hydrogen-bond acceptors (Lipinski definition) is 4. The van der Waals surface area contributed by atoms with Crippen molar-refractivity contribution < 1.29 is 14.2 Å². The average Bonchev–Trinajstić information content (AvgIpc) is 2.60. The van der Waals surface area contributed by atoms with Crippen molar-refractivity contribution in [1.82, 2.24) is 4.90 Å². The summed E-state index contributed by atoms with van der Waals surface area (Å²) in [7, 11) is 0. The second-order valence-corrected chi connectivity index (χ2v) is 4.74. The standard InChI is InChI=1S/C11H19NO3/c1-7-10-9(3-5-13-7)12-4-6-14-8(2)11(12)15-10/h7-11H,3-6H2,1-2H3/t7?,8?,9?,10?,11-/m1/s1. The van der Waals surface area contributed by atoms with E-state index in [0.29, 0.717) is 6.04 Å². The summed E-state index contributed by atoms with van der Waals surface area (Å²) in [5.74, 6) is 0. The second kappa shape index (κ2) is 3.70. The van der Waals surface area contributed by atoms with Gasteiger partial charge in [0.05, 0.1) is 18.8 Å². The molecule has 0 bridgehead atoms. The molecule has 0 aromatic rings. The van der Waals surface area contributed by atoms with Gasteiger partial charge < -0.3 is 14.2 Å². The van der Waals surface area contributed by atoms with Crippen molar-refractivity contribution in [3.8, 4) is 0 Å². The first kappa shape index (κ1) is 10.0. The maximum atomic E-state index is 6.07. The minimum atomic E-state index is 0.151. The van der Waals surface area contributed by atoms with Crippen molar-refractivity contribution in [2.24, 2.45) is 0 Å². The van der Waals surface area contributed by atoms with Gasteiger partial charge in [-0.25, -0.2) is 0 Å². The van der Waals surface area contributed by atoms with Crippen molar-refractivity contribution >= 4 is 0 Å². The van der Waals surface area contributed by atoms with Gasteiger partial charge in [-0.1, -0.05) is 0 Å². The molecule has 4 nitrogen and oxygen atoms in total. The fourth-order valence-corrected chi connectivity index (χ4v) is 3.03. The molecule has 86 valence electrons. The molecule has 3 saturated heterocycles. The van der Waals surface area contributed by atoms with Gasteiger partial charge in [-0.3, -0.25) is 4.90 Å². The van der Waals surface area contributed by atoms with Crippen LogP contribution in [0.15, 0.2) is 0 Å². The van der Waals surface area contributed by atoms with Gasteiger partial charge in [-0.2, -0.15) is 0 Å². The predicted octanol–water partition coefficient (Wildman–Crippen LogP) is 0.609. The zero-order chi connectivity index (χ0) is 10.4. The lowest BCUT2D eigenvalue weighted by Gasteiger charge is -2.37. The van der Waals surface area contributed by atoms with Crippen molar-refractivity contribution in [2.45, 2.75) is 50.8 Å². The van der Waals surface area contributed by atoms with Crippen LogP contribution < -0.4 is 0 Å². The number of ether oxygens (including phenoxy) is 3. The SMILES string of the molecule is CC1OCCC2C1O[C@@H]1C(C)OCCN21. The summed E-state index contributed by atoms with van der Waals surface area (Å²) in [6, 6.07) is 0.546. The van der Waals surface area contributed by atoms with Crippen LogP contribution in [0.4, 0.5) is 0 Å². The molecule has 3 aliphatic heterocycles. The third-order valence-electron chi connectivity index (χ3n) is 3.82. The van der Waals surface area contributed by atoms with Crippen molar-refractivity contribution in [3.63, 3.8) is 0 Å². The summed E-state index contributed by atoms with van der Waals surface area (Å²) in [6.07, 6.45) is 1.90. The Bertz CT molecular complexity index is 224. The smallest absolute Gasteiger partial charge is 0.137 e. The van der Waals surface area contributed by atoms with E-state index in [1.807, 2.05) is 0 Å². The Hall–Kier alpha value is -0.160. The van der Waals surface area contributed by atoms with E-state index in [1.165, 1.54) is 0 Å². The van der Waals surface area contributed by atoms with Gasteiger partial charge >= 0.3 is 0 Å². The molecule has 0 aromatic carbocycles. The minimum Gasteiger partial charge on any atom is -0.376 e. The number of hydrogen-bond donors (Lipinski definition) is 0. The van der Waals surface area contributed by atoms with E-state index in [2.05, 4.69) is 18.7 Å². The van der Waals surface area contributed by atoms with Gasteiger partial charge in [0.25, 0.3) is 0 Å². The van der Waals surface area contributed by atoms with Crippen LogP contribution in [-0.4, -0.2) is 55.2 Å². The fraction of sp³-hybridized carbons (Fsp3) is 1.00. The Kier molecular flexibility index (Phi) is 2.47. The number of nitrogens with zero attached hydrogens (tertiary/aromatic N) is 1. The molecule has 3 rings (SSSR count). The maximum Gasteiger partial charge on any atom is 0.137 e. The fourth-order valence-electron chi connectivity index (χ4n) is 3.03. The molecule has 4 unspecified atom stereocenters. The molecule has 0 N–H and O–H groups in total. The normalized spacial score (nSPS) is 51.2. The van der Waals surface area contributed by atoms with Gasteiger partial charge in [-0.15, -0.1) is 0 Å². The van der Waals surface area contributed by atoms with Gasteiger partial charge in [-0.05, 0) is 20.3 Å². The highest BCUT2D eigenvalue weighted by Crippen LogP contribution is 2.35. The van der Waals surface area contributed by atoms with Gasteiger partial charge in [0.15, 0.2) is 0 Å². The van der Waals surface area contributed by atoms with Crippen LogP contribution in [0, 0.1) is 0 Å². The summed E-state index contributed by atoms with van der Waals surface area (Å²) in [4.78, 5) is 2.47. The average molecular weight is 213 g/mol. The quantitative estimate of drug-likeness (QED) is 0.590. The first-order chi connectivity index (χ1) is 7.27. The Morgan fingerprint density at radius 1 is 1.07 bits per heavy atom. The molecular formula is C11H19NO3. The van der Waals surface area contributed by atoms with Gasteiger partial charge in [0.2, 0.25) is 0 Å². The molecule has 15 heavy (non-hydrogen) atoms. The van der Waals surface area contributed by atoms with Crippen LogP contribution >= 0.6 is 0 Å². The van der Waals surface area contributed by atoms with Crippen LogP contribution in [0.2, 0.25) is 0 Å². The highest BCUT2D eigenvalue weighted by molar-refractivity contribution is 4.97. The van der Waals surface area contributed by atoms with Crippen LogP contribution in [0.5, 0.6) is 0 Å². The van der Waals surface area contributed by atoms with Crippen molar-refractivity contribution in [3.05, 3.63) is 0 Å². The van der Waals surface area contributed by atoms with E-state index in [9.17, 15) is 0 Å². The number of rotatable bonds is 0. The Balaban J connectivity index is 1.81. The largest absolute Gasteiger partial charge is 0.376 e. The summed E-state index contributed by atoms with van der Waals surface area (Å²) in [5.41, 5.74) is 0. The lowest BCUT2D eigenvalue weighted by atomic mass is 10.00. The Morgan fingerprint density at radius 3 is 2.73 bits per heavy atom. The monoisotopic (exact) mass is 213 g/mol. The number of morpholine rings is 1. The first-order valence-corrected chi connectivity index (χ1v) is 5.92. The van der Waals surface area contributed by atoms with Crippen LogP contribution in [0.25, 0.3) is 0 Å². The molecule has 3 aliphatic rings. The molecule has 0 spiro atoms. The van der Waals surface area contributed by atoms with Gasteiger partial charge in [0, 0.05) is 19.2 Å².